The van der Waals surface area contributed by atoms with E-state index in [2.05, 4.69) is 5.32 Å². The minimum Gasteiger partial charge on any atom is -0.479 e. The van der Waals surface area contributed by atoms with Gasteiger partial charge in [0.15, 0.2) is 6.10 Å². The molecule has 136 valence electrons. The van der Waals surface area contributed by atoms with E-state index in [0.717, 1.165) is 31.2 Å². The van der Waals surface area contributed by atoms with Crippen molar-refractivity contribution in [1.82, 2.24) is 5.32 Å². The number of hydrogen-bond donors (Lipinski definition) is 2. The van der Waals surface area contributed by atoms with E-state index < -0.39 is 18.2 Å². The lowest BCUT2D eigenvalue weighted by Gasteiger charge is -2.31. The average molecular weight is 370 g/mol. The number of carboxylic acid groups (broad SMARTS) is 1. The zero-order chi connectivity index (χ0) is 18.0. The van der Waals surface area contributed by atoms with Gasteiger partial charge in [-0.15, -0.1) is 0 Å². The van der Waals surface area contributed by atoms with Crippen LogP contribution in [0.5, 0.6) is 0 Å². The Labute approximate surface area is 150 Å². The van der Waals surface area contributed by atoms with Crippen molar-refractivity contribution in [2.24, 2.45) is 0 Å². The Bertz CT molecular complexity index is 675. The molecule has 1 aliphatic carbocycles. The van der Waals surface area contributed by atoms with E-state index in [4.69, 9.17) is 21.4 Å². The van der Waals surface area contributed by atoms with E-state index in [1.54, 1.807) is 6.07 Å². The van der Waals surface area contributed by atoms with E-state index in [1.165, 1.54) is 12.1 Å². The summed E-state index contributed by atoms with van der Waals surface area (Å²) in [4.78, 5) is 23.3. The van der Waals surface area contributed by atoms with Gasteiger partial charge in [-0.05, 0) is 43.4 Å². The monoisotopic (exact) mass is 369 g/mol. The van der Waals surface area contributed by atoms with E-state index in [-0.39, 0.29) is 17.1 Å². The lowest BCUT2D eigenvalue weighted by molar-refractivity contribution is -0.151. The second-order valence-corrected chi connectivity index (χ2v) is 7.27. The molecule has 25 heavy (non-hydrogen) atoms. The molecule has 0 unspecified atom stereocenters. The number of benzene rings is 1. The fraction of sp³-hybridized carbons (Fsp3) is 0.556. The number of carbonyl (C=O) groups is 2. The third-order valence-electron chi connectivity index (χ3n) is 5.25. The Hall–Kier alpha value is -1.66. The van der Waals surface area contributed by atoms with Crippen molar-refractivity contribution >= 4 is 23.5 Å². The van der Waals surface area contributed by atoms with Crippen LogP contribution in [0, 0.1) is 5.82 Å². The van der Waals surface area contributed by atoms with Gasteiger partial charge in [-0.3, -0.25) is 4.79 Å². The summed E-state index contributed by atoms with van der Waals surface area (Å²) in [7, 11) is 0. The molecular weight excluding hydrogens is 349 g/mol. The first-order valence-corrected chi connectivity index (χ1v) is 8.91. The van der Waals surface area contributed by atoms with E-state index in [9.17, 15) is 14.0 Å². The van der Waals surface area contributed by atoms with Gasteiger partial charge in [0.25, 0.3) is 0 Å². The standard InChI is InChI=1S/C18H21ClFNO4/c19-13-9-11(20)3-4-12(13)18(7-1-2-8-18)10-21-16(22)14-5-6-15(25-14)17(23)24/h3-4,9,14-15H,1-2,5-8,10H2,(H,21,22)(H,23,24)/t14-,15+/m0/s1. The molecule has 2 fully saturated rings. The highest BCUT2D eigenvalue weighted by Crippen LogP contribution is 2.43. The van der Waals surface area contributed by atoms with Crippen LogP contribution in [0.2, 0.25) is 5.02 Å². The summed E-state index contributed by atoms with van der Waals surface area (Å²) < 4.78 is 18.7. The van der Waals surface area contributed by atoms with Crippen molar-refractivity contribution in [3.05, 3.63) is 34.6 Å². The molecule has 2 atom stereocenters. The van der Waals surface area contributed by atoms with Gasteiger partial charge in [-0.25, -0.2) is 9.18 Å². The molecular formula is C18H21ClFNO4. The lowest BCUT2D eigenvalue weighted by atomic mass is 9.78. The third-order valence-corrected chi connectivity index (χ3v) is 5.56. The second-order valence-electron chi connectivity index (χ2n) is 6.86. The van der Waals surface area contributed by atoms with Gasteiger partial charge in [-0.1, -0.05) is 30.5 Å². The molecule has 2 N–H and O–H groups in total. The molecule has 7 heteroatoms. The van der Waals surface area contributed by atoms with Crippen LogP contribution >= 0.6 is 11.6 Å². The van der Waals surface area contributed by atoms with Gasteiger partial charge in [-0.2, -0.15) is 0 Å². The highest BCUT2D eigenvalue weighted by molar-refractivity contribution is 6.31. The molecule has 3 rings (SSSR count). The number of amides is 1. The van der Waals surface area contributed by atoms with Gasteiger partial charge in [0, 0.05) is 17.0 Å². The minimum atomic E-state index is -1.04. The van der Waals surface area contributed by atoms with Crippen LogP contribution in [0.1, 0.15) is 44.1 Å². The summed E-state index contributed by atoms with van der Waals surface area (Å²) in [6.45, 7) is 0.384. The minimum absolute atomic E-state index is 0.298. The quantitative estimate of drug-likeness (QED) is 0.836. The van der Waals surface area contributed by atoms with Crippen LogP contribution in [-0.2, 0) is 19.7 Å². The van der Waals surface area contributed by atoms with E-state index in [0.29, 0.717) is 24.4 Å². The second kappa shape index (κ2) is 7.30. The predicted molar refractivity (Wildman–Crippen MR) is 90.1 cm³/mol. The van der Waals surface area contributed by atoms with Crippen molar-refractivity contribution in [3.63, 3.8) is 0 Å². The topological polar surface area (TPSA) is 75.6 Å². The molecule has 1 aromatic carbocycles. The Morgan fingerprint density at radius 2 is 1.96 bits per heavy atom. The SMILES string of the molecule is O=C(NCC1(c2ccc(F)cc2Cl)CCCC1)[C@@H]1CC[C@H](C(=O)O)O1. The van der Waals surface area contributed by atoms with Gasteiger partial charge >= 0.3 is 5.97 Å². The first-order valence-electron chi connectivity index (χ1n) is 8.53. The van der Waals surface area contributed by atoms with Crippen molar-refractivity contribution in [3.8, 4) is 0 Å². The fourth-order valence-corrected chi connectivity index (χ4v) is 4.26. The number of nitrogens with one attached hydrogen (secondary N) is 1. The van der Waals surface area contributed by atoms with Crippen LogP contribution in [-0.4, -0.2) is 35.7 Å². The third kappa shape index (κ3) is 3.80. The van der Waals surface area contributed by atoms with Crippen molar-refractivity contribution < 1.29 is 23.8 Å². The number of rotatable bonds is 5. The van der Waals surface area contributed by atoms with Crippen molar-refractivity contribution in [2.45, 2.75) is 56.1 Å². The van der Waals surface area contributed by atoms with Gasteiger partial charge < -0.3 is 15.2 Å². The molecule has 0 spiro atoms. The normalized spacial score (nSPS) is 25.0. The lowest BCUT2D eigenvalue weighted by Crippen LogP contribution is -2.43. The number of carboxylic acids is 1. The molecule has 1 saturated heterocycles. The molecule has 0 aromatic heterocycles. The molecule has 1 amide bonds. The summed E-state index contributed by atoms with van der Waals surface area (Å²) in [5, 5.41) is 12.2. The fourth-order valence-electron chi connectivity index (χ4n) is 3.89. The molecule has 1 heterocycles. The van der Waals surface area contributed by atoms with Crippen molar-refractivity contribution in [2.75, 3.05) is 6.54 Å². The first-order chi connectivity index (χ1) is 11.9. The molecule has 1 aliphatic heterocycles. The van der Waals surface area contributed by atoms with Gasteiger partial charge in [0.05, 0.1) is 0 Å². The molecule has 5 nitrogen and oxygen atoms in total. The van der Waals surface area contributed by atoms with Crippen LogP contribution in [0.25, 0.3) is 0 Å². The molecule has 2 aliphatic rings. The van der Waals surface area contributed by atoms with Crippen LogP contribution in [0.3, 0.4) is 0 Å². The Kier molecular flexibility index (Phi) is 5.29. The van der Waals surface area contributed by atoms with Crippen molar-refractivity contribution in [1.29, 1.82) is 0 Å². The summed E-state index contributed by atoms with van der Waals surface area (Å²) in [5.41, 5.74) is 0.537. The summed E-state index contributed by atoms with van der Waals surface area (Å²) in [5.74, 6) is -1.72. The maximum absolute atomic E-state index is 13.4. The Balaban J connectivity index is 1.69. The summed E-state index contributed by atoms with van der Waals surface area (Å²) >= 11 is 6.25. The predicted octanol–water partition coefficient (Wildman–Crippen LogP) is 3.04. The van der Waals surface area contributed by atoms with Crippen LogP contribution < -0.4 is 5.32 Å². The summed E-state index contributed by atoms with van der Waals surface area (Å²) in [6.07, 6.45) is 2.85. The molecule has 1 saturated carbocycles. The number of halogens is 2. The average Bonchev–Trinajstić information content (AvgIpc) is 3.23. The maximum atomic E-state index is 13.4. The number of ether oxygens (including phenoxy) is 1. The van der Waals surface area contributed by atoms with E-state index in [1.807, 2.05) is 0 Å². The van der Waals surface area contributed by atoms with Crippen LogP contribution in [0.4, 0.5) is 4.39 Å². The Morgan fingerprint density at radius 1 is 1.28 bits per heavy atom. The van der Waals surface area contributed by atoms with E-state index >= 15 is 0 Å². The molecule has 0 radical (unpaired) electrons. The van der Waals surface area contributed by atoms with Gasteiger partial charge in [0.1, 0.15) is 11.9 Å². The number of hydrogen-bond acceptors (Lipinski definition) is 3. The maximum Gasteiger partial charge on any atom is 0.332 e. The summed E-state index contributed by atoms with van der Waals surface area (Å²) in [6, 6.07) is 4.39. The number of carbonyl (C=O) groups excluding carboxylic acids is 1. The zero-order valence-corrected chi connectivity index (χ0v) is 14.5. The highest BCUT2D eigenvalue weighted by atomic mass is 35.5. The smallest absolute Gasteiger partial charge is 0.332 e. The number of aliphatic carboxylic acids is 1. The van der Waals surface area contributed by atoms with Gasteiger partial charge in [0.2, 0.25) is 5.91 Å². The molecule has 0 bridgehead atoms. The molecule has 1 aromatic rings. The van der Waals surface area contributed by atoms with Crippen LogP contribution in [0.15, 0.2) is 18.2 Å². The largest absolute Gasteiger partial charge is 0.479 e. The first kappa shape index (κ1) is 18.1. The Morgan fingerprint density at radius 3 is 2.56 bits per heavy atom. The highest BCUT2D eigenvalue weighted by Gasteiger charge is 2.39. The zero-order valence-electron chi connectivity index (χ0n) is 13.8.